The topological polar surface area (TPSA) is 125 Å². The molecule has 0 radical (unpaired) electrons. The van der Waals surface area contributed by atoms with Crippen molar-refractivity contribution in [2.45, 2.75) is 6.61 Å². The van der Waals surface area contributed by atoms with Crippen LogP contribution in [-0.2, 0) is 39.8 Å². The Bertz CT molecular complexity index is 454. The fourth-order valence-electron chi connectivity index (χ4n) is 2.16. The molecule has 10 heteroatoms. The molecule has 0 atom stereocenters. The minimum Gasteiger partial charge on any atom is -0.394 e. The summed E-state index contributed by atoms with van der Waals surface area (Å²) in [5.74, 6) is 0. The Balaban J connectivity index is 0.000000684. The van der Waals surface area contributed by atoms with Gasteiger partial charge in [-0.3, -0.25) is 0 Å². The molecule has 0 amide bonds. The smallest absolute Gasteiger partial charge is 0.0718 e. The van der Waals surface area contributed by atoms with Crippen molar-refractivity contribution in [3.8, 4) is 0 Å². The fraction of sp³-hybridized carbons (Fsp3) is 0.739. The molecule has 33 heavy (non-hydrogen) atoms. The van der Waals surface area contributed by atoms with E-state index in [0.29, 0.717) is 92.5 Å². The summed E-state index contributed by atoms with van der Waals surface area (Å²) in [6.07, 6.45) is 0. The summed E-state index contributed by atoms with van der Waals surface area (Å²) in [6, 6.07) is 10.1. The zero-order valence-electron chi connectivity index (χ0n) is 19.6. The number of hydrogen-bond acceptors (Lipinski definition) is 10. The second kappa shape index (κ2) is 28.9. The quantitative estimate of drug-likeness (QED) is 0.189. The predicted molar refractivity (Wildman–Crippen MR) is 122 cm³/mol. The first-order chi connectivity index (χ1) is 16.3. The summed E-state index contributed by atoms with van der Waals surface area (Å²) in [7, 11) is 0. The van der Waals surface area contributed by atoms with Gasteiger partial charge in [-0.2, -0.15) is 0 Å². The molecule has 1 rings (SSSR count). The molecule has 0 saturated carbocycles. The highest BCUT2D eigenvalue weighted by Gasteiger charge is 1.94. The first kappa shape index (κ1) is 31.8. The summed E-state index contributed by atoms with van der Waals surface area (Å²) in [6.45, 7) is 7.05. The van der Waals surface area contributed by atoms with Crippen molar-refractivity contribution < 1.29 is 48.5 Å². The summed E-state index contributed by atoms with van der Waals surface area (Å²) >= 11 is 0. The van der Waals surface area contributed by atoms with Gasteiger partial charge < -0.3 is 48.5 Å². The van der Waals surface area contributed by atoms with Crippen LogP contribution in [-0.4, -0.2) is 121 Å². The molecule has 0 bridgehead atoms. The van der Waals surface area contributed by atoms with Crippen LogP contribution < -0.4 is 0 Å². The molecule has 0 heterocycles. The van der Waals surface area contributed by atoms with E-state index in [1.165, 1.54) is 5.56 Å². The van der Waals surface area contributed by atoms with Crippen LogP contribution in [0.15, 0.2) is 30.3 Å². The van der Waals surface area contributed by atoms with Crippen LogP contribution in [0.2, 0.25) is 0 Å². The maximum atomic E-state index is 8.48. The van der Waals surface area contributed by atoms with Crippen LogP contribution in [0.1, 0.15) is 5.56 Å². The Hall–Kier alpha value is -1.18. The van der Waals surface area contributed by atoms with Crippen LogP contribution in [0.3, 0.4) is 0 Å². The highest BCUT2D eigenvalue weighted by Crippen LogP contribution is 1.99. The number of hydrogen-bond donors (Lipinski definition) is 3. The molecule has 194 valence electrons. The van der Waals surface area contributed by atoms with Crippen LogP contribution in [0.5, 0.6) is 0 Å². The predicted octanol–water partition coefficient (Wildman–Crippen LogP) is 0.266. The van der Waals surface area contributed by atoms with E-state index >= 15 is 0 Å². The minimum absolute atomic E-state index is 0.0413. The van der Waals surface area contributed by atoms with Gasteiger partial charge in [0.1, 0.15) is 0 Å². The maximum Gasteiger partial charge on any atom is 0.0718 e. The van der Waals surface area contributed by atoms with Crippen molar-refractivity contribution in [2.75, 3.05) is 106 Å². The van der Waals surface area contributed by atoms with Gasteiger partial charge in [0.05, 0.1) is 112 Å². The van der Waals surface area contributed by atoms with Crippen LogP contribution >= 0.6 is 0 Å². The van der Waals surface area contributed by atoms with Gasteiger partial charge in [-0.15, -0.1) is 0 Å². The van der Waals surface area contributed by atoms with Gasteiger partial charge in [0.15, 0.2) is 0 Å². The lowest BCUT2D eigenvalue weighted by Crippen LogP contribution is -2.12. The number of rotatable bonds is 23. The molecule has 1 aromatic rings. The summed E-state index contributed by atoms with van der Waals surface area (Å²) in [5, 5.41) is 25.2. The second-order valence-corrected chi connectivity index (χ2v) is 6.38. The van der Waals surface area contributed by atoms with Gasteiger partial charge in [-0.25, -0.2) is 0 Å². The lowest BCUT2D eigenvalue weighted by atomic mass is 10.2. The van der Waals surface area contributed by atoms with Crippen molar-refractivity contribution in [3.63, 3.8) is 0 Å². The Morgan fingerprint density at radius 2 is 0.697 bits per heavy atom. The van der Waals surface area contributed by atoms with E-state index < -0.39 is 0 Å². The van der Waals surface area contributed by atoms with Crippen molar-refractivity contribution >= 4 is 0 Å². The Morgan fingerprint density at radius 3 is 1.03 bits per heavy atom. The van der Waals surface area contributed by atoms with E-state index in [-0.39, 0.29) is 19.8 Å². The molecule has 0 aliphatic rings. The summed E-state index contributed by atoms with van der Waals surface area (Å²) < 4.78 is 36.2. The van der Waals surface area contributed by atoms with E-state index in [2.05, 4.69) is 0 Å². The third-order valence-electron chi connectivity index (χ3n) is 3.68. The average molecular weight is 479 g/mol. The average Bonchev–Trinajstić information content (AvgIpc) is 2.85. The number of benzene rings is 1. The van der Waals surface area contributed by atoms with Crippen molar-refractivity contribution in [2.24, 2.45) is 0 Å². The molecule has 10 nitrogen and oxygen atoms in total. The lowest BCUT2D eigenvalue weighted by molar-refractivity contribution is -0.00743. The molecule has 0 spiro atoms. The lowest BCUT2D eigenvalue weighted by Gasteiger charge is -2.07. The van der Waals surface area contributed by atoms with E-state index in [9.17, 15) is 0 Å². The maximum absolute atomic E-state index is 8.48. The highest BCUT2D eigenvalue weighted by atomic mass is 16.6. The third-order valence-corrected chi connectivity index (χ3v) is 3.68. The number of ether oxygens (including phenoxy) is 7. The molecule has 0 unspecified atom stereocenters. The van der Waals surface area contributed by atoms with Crippen molar-refractivity contribution in [1.82, 2.24) is 0 Å². The first-order valence-corrected chi connectivity index (χ1v) is 11.3. The second-order valence-electron chi connectivity index (χ2n) is 6.38. The minimum atomic E-state index is 0.0413. The molecule has 1 aromatic carbocycles. The van der Waals surface area contributed by atoms with Gasteiger partial charge >= 0.3 is 0 Å². The normalized spacial score (nSPS) is 10.8. The summed E-state index contributed by atoms with van der Waals surface area (Å²) in [4.78, 5) is 0. The molecule has 3 N–H and O–H groups in total. The molecule has 0 aliphatic heterocycles. The third kappa shape index (κ3) is 26.9. The molecular weight excluding hydrogens is 436 g/mol. The van der Waals surface area contributed by atoms with E-state index in [4.69, 9.17) is 48.5 Å². The Labute approximate surface area is 197 Å². The Morgan fingerprint density at radius 1 is 0.394 bits per heavy atom. The first-order valence-electron chi connectivity index (χ1n) is 11.3. The van der Waals surface area contributed by atoms with Gasteiger partial charge in [0.25, 0.3) is 0 Å². The molecule has 0 fully saturated rings. The molecule has 0 aromatic heterocycles. The zero-order chi connectivity index (χ0) is 24.1. The monoisotopic (exact) mass is 478 g/mol. The Kier molecular flexibility index (Phi) is 27.8. The van der Waals surface area contributed by atoms with E-state index in [1.807, 2.05) is 30.3 Å². The van der Waals surface area contributed by atoms with Gasteiger partial charge in [0.2, 0.25) is 0 Å². The van der Waals surface area contributed by atoms with Crippen LogP contribution in [0.4, 0.5) is 0 Å². The standard InChI is InChI=1S/C15H24O5.C8H18O5/c16-6-7-17-8-9-18-10-11-19-12-13-20-14-15-4-2-1-3-5-15;9-1-3-11-5-7-13-8-6-12-4-2-10/h1-5,16H,6-14H2;9-10H,1-8H2. The number of aliphatic hydroxyl groups excluding tert-OH is 3. The zero-order valence-corrected chi connectivity index (χ0v) is 19.6. The van der Waals surface area contributed by atoms with Crippen LogP contribution in [0, 0.1) is 0 Å². The van der Waals surface area contributed by atoms with Gasteiger partial charge in [-0.1, -0.05) is 30.3 Å². The molecular formula is C23H42O10. The SMILES string of the molecule is OCCOCCOCCOCCO.OCCOCCOCCOCCOCc1ccccc1. The van der Waals surface area contributed by atoms with Gasteiger partial charge in [0, 0.05) is 0 Å². The van der Waals surface area contributed by atoms with Crippen molar-refractivity contribution in [1.29, 1.82) is 0 Å². The van der Waals surface area contributed by atoms with Crippen LogP contribution in [0.25, 0.3) is 0 Å². The molecule has 0 aliphatic carbocycles. The van der Waals surface area contributed by atoms with E-state index in [1.54, 1.807) is 0 Å². The summed E-state index contributed by atoms with van der Waals surface area (Å²) in [5.41, 5.74) is 1.17. The molecule has 0 saturated heterocycles. The largest absolute Gasteiger partial charge is 0.394 e. The van der Waals surface area contributed by atoms with E-state index in [0.717, 1.165) is 0 Å². The fourth-order valence-corrected chi connectivity index (χ4v) is 2.16. The van der Waals surface area contributed by atoms with Crippen molar-refractivity contribution in [3.05, 3.63) is 35.9 Å². The number of aliphatic hydroxyl groups is 3. The highest BCUT2D eigenvalue weighted by molar-refractivity contribution is 5.13. The van der Waals surface area contributed by atoms with Gasteiger partial charge in [-0.05, 0) is 5.56 Å².